The fourth-order valence-electron chi connectivity index (χ4n) is 1.90. The van der Waals surface area contributed by atoms with E-state index in [1.54, 1.807) is 25.4 Å². The zero-order valence-corrected chi connectivity index (χ0v) is 11.4. The van der Waals surface area contributed by atoms with Crippen molar-refractivity contribution in [2.75, 3.05) is 25.1 Å². The highest BCUT2D eigenvalue weighted by atomic mass is 19.1. The first-order valence-electron chi connectivity index (χ1n) is 6.48. The number of benzene rings is 1. The molecule has 0 aliphatic heterocycles. The number of methoxy groups -OCH3 is 1. The van der Waals surface area contributed by atoms with E-state index in [9.17, 15) is 4.39 Å². The van der Waals surface area contributed by atoms with Crippen molar-refractivity contribution in [2.45, 2.75) is 6.42 Å². The molecule has 1 aromatic heterocycles. The van der Waals surface area contributed by atoms with Crippen LogP contribution in [0.4, 0.5) is 15.9 Å². The Bertz CT molecular complexity index is 528. The van der Waals surface area contributed by atoms with Gasteiger partial charge < -0.3 is 15.4 Å². The van der Waals surface area contributed by atoms with E-state index in [1.165, 1.54) is 12.1 Å². The Labute approximate surface area is 118 Å². The molecule has 106 valence electrons. The van der Waals surface area contributed by atoms with Gasteiger partial charge in [-0.15, -0.1) is 0 Å². The van der Waals surface area contributed by atoms with Gasteiger partial charge >= 0.3 is 0 Å². The lowest BCUT2D eigenvalue weighted by Gasteiger charge is -2.23. The number of hydrogen-bond donors (Lipinski definition) is 1. The molecule has 0 fully saturated rings. The number of rotatable bonds is 6. The van der Waals surface area contributed by atoms with Crippen molar-refractivity contribution < 1.29 is 9.13 Å². The largest absolute Gasteiger partial charge is 0.495 e. The van der Waals surface area contributed by atoms with Crippen LogP contribution in [0.5, 0.6) is 5.75 Å². The molecule has 1 aromatic carbocycles. The van der Waals surface area contributed by atoms with Crippen LogP contribution in [-0.4, -0.2) is 25.2 Å². The summed E-state index contributed by atoms with van der Waals surface area (Å²) >= 11 is 0. The second kappa shape index (κ2) is 6.86. The quantitative estimate of drug-likeness (QED) is 0.880. The molecular formula is C15H18FN3O. The van der Waals surface area contributed by atoms with Crippen LogP contribution in [0.25, 0.3) is 0 Å². The second-order valence-electron chi connectivity index (χ2n) is 4.33. The van der Waals surface area contributed by atoms with Crippen molar-refractivity contribution in [2.24, 2.45) is 5.73 Å². The van der Waals surface area contributed by atoms with Gasteiger partial charge in [-0.3, -0.25) is 0 Å². The molecule has 0 aliphatic rings. The third kappa shape index (κ3) is 3.45. The van der Waals surface area contributed by atoms with Gasteiger partial charge in [0, 0.05) is 12.2 Å². The van der Waals surface area contributed by atoms with Gasteiger partial charge in [-0.1, -0.05) is 0 Å². The highest BCUT2D eigenvalue weighted by Gasteiger charge is 2.10. The van der Waals surface area contributed by atoms with Gasteiger partial charge in [0.1, 0.15) is 17.4 Å². The smallest absolute Gasteiger partial charge is 0.137 e. The van der Waals surface area contributed by atoms with Gasteiger partial charge in [0.05, 0.1) is 13.3 Å². The molecule has 0 bridgehead atoms. The molecule has 0 amide bonds. The summed E-state index contributed by atoms with van der Waals surface area (Å²) in [6, 6.07) is 10.1. The van der Waals surface area contributed by atoms with Gasteiger partial charge in [-0.2, -0.15) is 0 Å². The van der Waals surface area contributed by atoms with E-state index in [0.717, 1.165) is 24.5 Å². The molecule has 0 atom stereocenters. The van der Waals surface area contributed by atoms with Crippen LogP contribution >= 0.6 is 0 Å². The van der Waals surface area contributed by atoms with Crippen LogP contribution in [-0.2, 0) is 0 Å². The van der Waals surface area contributed by atoms with Crippen molar-refractivity contribution in [3.05, 3.63) is 48.4 Å². The number of pyridine rings is 1. The van der Waals surface area contributed by atoms with Crippen LogP contribution in [0.2, 0.25) is 0 Å². The molecule has 2 rings (SSSR count). The first-order valence-corrected chi connectivity index (χ1v) is 6.48. The van der Waals surface area contributed by atoms with Crippen LogP contribution < -0.4 is 15.4 Å². The van der Waals surface area contributed by atoms with E-state index in [4.69, 9.17) is 10.5 Å². The third-order valence-corrected chi connectivity index (χ3v) is 2.96. The predicted octanol–water partition coefficient (Wildman–Crippen LogP) is 2.72. The molecule has 0 unspecified atom stereocenters. The molecule has 2 N–H and O–H groups in total. The molecule has 2 aromatic rings. The Hall–Kier alpha value is -2.14. The summed E-state index contributed by atoms with van der Waals surface area (Å²) in [7, 11) is 1.60. The van der Waals surface area contributed by atoms with E-state index in [1.807, 2.05) is 17.0 Å². The van der Waals surface area contributed by atoms with E-state index in [0.29, 0.717) is 12.3 Å². The zero-order chi connectivity index (χ0) is 14.4. The average molecular weight is 275 g/mol. The van der Waals surface area contributed by atoms with Crippen molar-refractivity contribution in [3.8, 4) is 5.75 Å². The van der Waals surface area contributed by atoms with Crippen LogP contribution in [0.3, 0.4) is 0 Å². The summed E-state index contributed by atoms with van der Waals surface area (Å²) in [6.45, 7) is 1.31. The normalized spacial score (nSPS) is 10.3. The van der Waals surface area contributed by atoms with Crippen molar-refractivity contribution in [1.82, 2.24) is 4.98 Å². The first-order chi connectivity index (χ1) is 9.74. The Kier molecular flexibility index (Phi) is 4.90. The van der Waals surface area contributed by atoms with E-state index in [2.05, 4.69) is 4.98 Å². The molecule has 0 radical (unpaired) electrons. The Morgan fingerprint density at radius 2 is 1.95 bits per heavy atom. The molecule has 0 aliphatic carbocycles. The summed E-state index contributed by atoms with van der Waals surface area (Å²) in [5.41, 5.74) is 6.46. The minimum absolute atomic E-state index is 0.254. The fourth-order valence-corrected chi connectivity index (χ4v) is 1.90. The van der Waals surface area contributed by atoms with Crippen molar-refractivity contribution in [3.63, 3.8) is 0 Å². The average Bonchev–Trinajstić information content (AvgIpc) is 2.50. The first kappa shape index (κ1) is 14.3. The number of aromatic nitrogens is 1. The van der Waals surface area contributed by atoms with Crippen LogP contribution in [0.1, 0.15) is 6.42 Å². The Morgan fingerprint density at radius 3 is 2.50 bits per heavy atom. The lowest BCUT2D eigenvalue weighted by atomic mass is 10.2. The Morgan fingerprint density at radius 1 is 1.20 bits per heavy atom. The number of anilines is 2. The SMILES string of the molecule is COc1ccc(N(CCCN)c2ccc(F)cc2)nc1. The number of nitrogens with two attached hydrogens (primary N) is 1. The summed E-state index contributed by atoms with van der Waals surface area (Å²) in [5, 5.41) is 0. The van der Waals surface area contributed by atoms with E-state index >= 15 is 0 Å². The van der Waals surface area contributed by atoms with Gasteiger partial charge in [-0.05, 0) is 49.4 Å². The summed E-state index contributed by atoms with van der Waals surface area (Å²) in [4.78, 5) is 6.37. The molecular weight excluding hydrogens is 257 g/mol. The molecule has 5 heteroatoms. The van der Waals surface area contributed by atoms with Crippen LogP contribution in [0, 0.1) is 5.82 Å². The fraction of sp³-hybridized carbons (Fsp3) is 0.267. The van der Waals surface area contributed by atoms with Crippen molar-refractivity contribution in [1.29, 1.82) is 0 Å². The predicted molar refractivity (Wildman–Crippen MR) is 77.9 cm³/mol. The second-order valence-corrected chi connectivity index (χ2v) is 4.33. The molecule has 0 spiro atoms. The van der Waals surface area contributed by atoms with Gasteiger partial charge in [0.2, 0.25) is 0 Å². The van der Waals surface area contributed by atoms with Crippen LogP contribution in [0.15, 0.2) is 42.6 Å². The summed E-state index contributed by atoms with van der Waals surface area (Å²) in [5.74, 6) is 1.23. The van der Waals surface area contributed by atoms with Gasteiger partial charge in [0.25, 0.3) is 0 Å². The monoisotopic (exact) mass is 275 g/mol. The number of hydrogen-bond acceptors (Lipinski definition) is 4. The summed E-state index contributed by atoms with van der Waals surface area (Å²) < 4.78 is 18.1. The maximum Gasteiger partial charge on any atom is 0.137 e. The number of halogens is 1. The highest BCUT2D eigenvalue weighted by molar-refractivity contribution is 5.60. The maximum absolute atomic E-state index is 13.0. The Balaban J connectivity index is 2.27. The van der Waals surface area contributed by atoms with Gasteiger partial charge in [0.15, 0.2) is 0 Å². The van der Waals surface area contributed by atoms with E-state index < -0.39 is 0 Å². The molecule has 0 saturated heterocycles. The maximum atomic E-state index is 13.0. The lowest BCUT2D eigenvalue weighted by Crippen LogP contribution is -2.21. The molecule has 0 saturated carbocycles. The summed E-state index contributed by atoms with van der Waals surface area (Å²) in [6.07, 6.45) is 2.49. The standard InChI is InChI=1S/C15H18FN3O/c1-20-14-7-8-15(18-11-14)19(10-2-9-17)13-5-3-12(16)4-6-13/h3-8,11H,2,9-10,17H2,1H3. The molecule has 20 heavy (non-hydrogen) atoms. The molecule has 4 nitrogen and oxygen atoms in total. The molecule has 1 heterocycles. The third-order valence-electron chi connectivity index (χ3n) is 2.96. The zero-order valence-electron chi connectivity index (χ0n) is 11.4. The van der Waals surface area contributed by atoms with Gasteiger partial charge in [-0.25, -0.2) is 9.37 Å². The lowest BCUT2D eigenvalue weighted by molar-refractivity contribution is 0.413. The minimum Gasteiger partial charge on any atom is -0.495 e. The highest BCUT2D eigenvalue weighted by Crippen LogP contribution is 2.25. The minimum atomic E-state index is -0.254. The topological polar surface area (TPSA) is 51.4 Å². The number of nitrogens with zero attached hydrogens (tertiary/aromatic N) is 2. The number of ether oxygens (including phenoxy) is 1. The van der Waals surface area contributed by atoms with Crippen molar-refractivity contribution >= 4 is 11.5 Å². The van der Waals surface area contributed by atoms with E-state index in [-0.39, 0.29) is 5.82 Å².